The largest absolute Gasteiger partial charge is 0.260 e. The predicted molar refractivity (Wildman–Crippen MR) is 72.6 cm³/mol. The van der Waals surface area contributed by atoms with Crippen molar-refractivity contribution in [2.45, 2.75) is 24.7 Å². The Kier molecular flexibility index (Phi) is 1.86. The minimum atomic E-state index is 0.0875. The second-order valence-electron chi connectivity index (χ2n) is 4.86. The van der Waals surface area contributed by atoms with Crippen LogP contribution in [0.1, 0.15) is 28.8 Å². The van der Waals surface area contributed by atoms with E-state index in [9.17, 15) is 0 Å². The van der Waals surface area contributed by atoms with E-state index in [1.807, 2.05) is 11.3 Å². The highest BCUT2D eigenvalue weighted by Crippen LogP contribution is 2.49. The molecule has 1 unspecified atom stereocenters. The van der Waals surface area contributed by atoms with Gasteiger partial charge in [-0.15, -0.1) is 11.3 Å². The maximum Gasteiger partial charge on any atom is 0.0671 e. The van der Waals surface area contributed by atoms with Gasteiger partial charge in [0.15, 0.2) is 0 Å². The molecule has 0 fully saturated rings. The maximum absolute atomic E-state index is 4.63. The lowest BCUT2D eigenvalue weighted by atomic mass is 9.70. The van der Waals surface area contributed by atoms with Crippen LogP contribution in [0.15, 0.2) is 40.7 Å². The molecular formula is C15H13NS. The van der Waals surface area contributed by atoms with Gasteiger partial charge < -0.3 is 0 Å². The fourth-order valence-corrected chi connectivity index (χ4v) is 4.23. The Labute approximate surface area is 105 Å². The molecule has 1 aromatic carbocycles. The van der Waals surface area contributed by atoms with Crippen molar-refractivity contribution in [3.63, 3.8) is 0 Å². The van der Waals surface area contributed by atoms with E-state index in [0.29, 0.717) is 0 Å². The number of thiophene rings is 1. The van der Waals surface area contributed by atoms with Gasteiger partial charge >= 0.3 is 0 Å². The summed E-state index contributed by atoms with van der Waals surface area (Å²) in [7, 11) is 0. The first kappa shape index (κ1) is 9.60. The van der Waals surface area contributed by atoms with Gasteiger partial charge in [0.1, 0.15) is 0 Å². The zero-order valence-electron chi connectivity index (χ0n) is 9.52. The third kappa shape index (κ3) is 1.16. The first-order valence-electron chi connectivity index (χ1n) is 6.12. The summed E-state index contributed by atoms with van der Waals surface area (Å²) in [6.07, 6.45) is 5.90. The molecule has 4 rings (SSSR count). The molecule has 0 saturated carbocycles. The van der Waals surface area contributed by atoms with Gasteiger partial charge in [-0.3, -0.25) is 4.99 Å². The topological polar surface area (TPSA) is 12.4 Å². The van der Waals surface area contributed by atoms with Gasteiger partial charge in [-0.05, 0) is 47.9 Å². The van der Waals surface area contributed by atoms with Crippen LogP contribution in [-0.2, 0) is 11.8 Å². The lowest BCUT2D eigenvalue weighted by Crippen LogP contribution is -2.30. The molecule has 1 nitrogen and oxygen atoms in total. The van der Waals surface area contributed by atoms with Crippen LogP contribution in [0.4, 0.5) is 5.69 Å². The van der Waals surface area contributed by atoms with Gasteiger partial charge in [-0.2, -0.15) is 0 Å². The van der Waals surface area contributed by atoms with E-state index in [0.717, 1.165) is 5.69 Å². The van der Waals surface area contributed by atoms with Gasteiger partial charge in [0.2, 0.25) is 0 Å². The first-order chi connectivity index (χ1) is 8.40. The van der Waals surface area contributed by atoms with E-state index in [2.05, 4.69) is 46.9 Å². The van der Waals surface area contributed by atoms with Gasteiger partial charge in [0.05, 0.1) is 11.1 Å². The number of hydrogen-bond acceptors (Lipinski definition) is 2. The highest BCUT2D eigenvalue weighted by Gasteiger charge is 2.41. The molecule has 1 atom stereocenters. The lowest BCUT2D eigenvalue weighted by Gasteiger charge is -2.32. The Balaban J connectivity index is 2.00. The number of para-hydroxylation sites is 1. The number of nitrogens with zero attached hydrogens (tertiary/aromatic N) is 1. The summed E-state index contributed by atoms with van der Waals surface area (Å²) >= 11 is 1.90. The van der Waals surface area contributed by atoms with E-state index in [1.54, 1.807) is 4.88 Å². The normalized spacial score (nSPS) is 24.9. The summed E-state index contributed by atoms with van der Waals surface area (Å²) in [5.41, 5.74) is 4.15. The van der Waals surface area contributed by atoms with Crippen LogP contribution in [0.3, 0.4) is 0 Å². The lowest BCUT2D eigenvalue weighted by molar-refractivity contribution is 0.564. The number of aliphatic imine (C=N–C) groups is 1. The average Bonchev–Trinajstić information content (AvgIpc) is 2.97. The Morgan fingerprint density at radius 3 is 3.06 bits per heavy atom. The fraction of sp³-hybridized carbons (Fsp3) is 0.267. The van der Waals surface area contributed by atoms with Crippen molar-refractivity contribution in [3.8, 4) is 0 Å². The molecule has 1 spiro atoms. The molecule has 84 valence electrons. The summed E-state index contributed by atoms with van der Waals surface area (Å²) in [5.74, 6) is 0. The molecular weight excluding hydrogens is 226 g/mol. The summed E-state index contributed by atoms with van der Waals surface area (Å²) in [6.45, 7) is 0. The highest BCUT2D eigenvalue weighted by atomic mass is 32.1. The van der Waals surface area contributed by atoms with Crippen LogP contribution in [0, 0.1) is 0 Å². The Morgan fingerprint density at radius 1 is 1.12 bits per heavy atom. The molecule has 17 heavy (non-hydrogen) atoms. The highest BCUT2D eigenvalue weighted by molar-refractivity contribution is 7.10. The second-order valence-corrected chi connectivity index (χ2v) is 5.86. The van der Waals surface area contributed by atoms with Crippen molar-refractivity contribution in [1.29, 1.82) is 0 Å². The molecule has 0 saturated heterocycles. The summed E-state index contributed by atoms with van der Waals surface area (Å²) in [4.78, 5) is 6.19. The molecule has 2 aromatic rings. The monoisotopic (exact) mass is 239 g/mol. The van der Waals surface area contributed by atoms with E-state index in [-0.39, 0.29) is 5.41 Å². The Morgan fingerprint density at radius 2 is 2.06 bits per heavy atom. The number of aryl methyl sites for hydroxylation is 1. The van der Waals surface area contributed by atoms with Gasteiger partial charge in [-0.1, -0.05) is 18.2 Å². The molecule has 0 amide bonds. The predicted octanol–water partition coefficient (Wildman–Crippen LogP) is 4.09. The van der Waals surface area contributed by atoms with Gasteiger partial charge in [-0.25, -0.2) is 0 Å². The van der Waals surface area contributed by atoms with Crippen LogP contribution >= 0.6 is 11.3 Å². The standard InChI is InChI=1S/C15H13NS/c1-2-5-13-11(4-1)15(10-16-13)8-3-6-14-12(15)7-9-17-14/h1-2,4-5,7,9-10H,3,6,8H2. The molecule has 0 N–H and O–H groups in total. The van der Waals surface area contributed by atoms with Crippen molar-refractivity contribution in [1.82, 2.24) is 0 Å². The molecule has 1 aromatic heterocycles. The third-order valence-electron chi connectivity index (χ3n) is 4.01. The molecule has 0 radical (unpaired) electrons. The van der Waals surface area contributed by atoms with Crippen LogP contribution in [0.2, 0.25) is 0 Å². The molecule has 2 heteroatoms. The fourth-order valence-electron chi connectivity index (χ4n) is 3.22. The summed E-state index contributed by atoms with van der Waals surface area (Å²) < 4.78 is 0. The smallest absolute Gasteiger partial charge is 0.0671 e. The molecule has 2 heterocycles. The SMILES string of the molecule is C1=Nc2ccccc2C12CCCc1sccc12. The summed E-state index contributed by atoms with van der Waals surface area (Å²) in [6, 6.07) is 10.9. The van der Waals surface area contributed by atoms with Gasteiger partial charge in [0.25, 0.3) is 0 Å². The van der Waals surface area contributed by atoms with Crippen LogP contribution in [-0.4, -0.2) is 6.21 Å². The van der Waals surface area contributed by atoms with Crippen LogP contribution in [0.25, 0.3) is 0 Å². The van der Waals surface area contributed by atoms with Crippen molar-refractivity contribution < 1.29 is 0 Å². The van der Waals surface area contributed by atoms with Crippen molar-refractivity contribution >= 4 is 23.2 Å². The van der Waals surface area contributed by atoms with Crippen molar-refractivity contribution in [2.75, 3.05) is 0 Å². The molecule has 1 aliphatic carbocycles. The van der Waals surface area contributed by atoms with Crippen molar-refractivity contribution in [3.05, 3.63) is 51.7 Å². The van der Waals surface area contributed by atoms with Gasteiger partial charge in [0, 0.05) is 11.1 Å². The number of benzene rings is 1. The average molecular weight is 239 g/mol. The Hall–Kier alpha value is -1.41. The minimum absolute atomic E-state index is 0.0875. The zero-order chi connectivity index (χ0) is 11.3. The number of hydrogen-bond donors (Lipinski definition) is 0. The molecule has 2 aliphatic rings. The number of rotatable bonds is 0. The minimum Gasteiger partial charge on any atom is -0.260 e. The summed E-state index contributed by atoms with van der Waals surface area (Å²) in [5, 5.41) is 2.23. The second kappa shape index (κ2) is 3.30. The van der Waals surface area contributed by atoms with Crippen LogP contribution < -0.4 is 0 Å². The van der Waals surface area contributed by atoms with E-state index in [1.165, 1.54) is 30.4 Å². The zero-order valence-corrected chi connectivity index (χ0v) is 10.3. The maximum atomic E-state index is 4.63. The third-order valence-corrected chi connectivity index (χ3v) is 4.99. The Bertz CT molecular complexity index is 611. The molecule has 0 bridgehead atoms. The molecule has 1 aliphatic heterocycles. The van der Waals surface area contributed by atoms with E-state index in [4.69, 9.17) is 0 Å². The van der Waals surface area contributed by atoms with Crippen LogP contribution in [0.5, 0.6) is 0 Å². The first-order valence-corrected chi connectivity index (χ1v) is 7.00. The number of fused-ring (bicyclic) bond motifs is 4. The van der Waals surface area contributed by atoms with E-state index >= 15 is 0 Å². The van der Waals surface area contributed by atoms with E-state index < -0.39 is 0 Å². The van der Waals surface area contributed by atoms with Crippen molar-refractivity contribution in [2.24, 2.45) is 4.99 Å². The quantitative estimate of drug-likeness (QED) is 0.656.